The summed E-state index contributed by atoms with van der Waals surface area (Å²) in [6, 6.07) is 6.24. The third-order valence-electron chi connectivity index (χ3n) is 2.31. The van der Waals surface area contributed by atoms with Crippen molar-refractivity contribution in [2.24, 2.45) is 0 Å². The zero-order valence-corrected chi connectivity index (χ0v) is 7.17. The van der Waals surface area contributed by atoms with Crippen molar-refractivity contribution < 1.29 is 5.11 Å². The molecule has 0 fully saturated rings. The molecular weight excluding hydrogens is 150 g/mol. The third kappa shape index (κ3) is 1.24. The minimum Gasteiger partial charge on any atom is -0.387 e. The molecule has 0 saturated heterocycles. The highest BCUT2D eigenvalue weighted by atomic mass is 16.3. The maximum Gasteiger partial charge on any atom is 0.0917 e. The summed E-state index contributed by atoms with van der Waals surface area (Å²) in [6.45, 7) is 3.61. The molecule has 0 amide bonds. The Balaban J connectivity index is 2.47. The van der Waals surface area contributed by atoms with Gasteiger partial charge in [0.05, 0.1) is 6.10 Å². The molecule has 0 aromatic heterocycles. The molecule has 0 radical (unpaired) electrons. The van der Waals surface area contributed by atoms with Gasteiger partial charge in [0.25, 0.3) is 0 Å². The van der Waals surface area contributed by atoms with E-state index in [2.05, 4.69) is 30.4 Å². The van der Waals surface area contributed by atoms with Crippen LogP contribution in [0.25, 0.3) is 0 Å². The maximum atomic E-state index is 9.62. The summed E-state index contributed by atoms with van der Waals surface area (Å²) in [5.41, 5.74) is 3.53. The fraction of sp³-hybridized carbons (Fsp3) is 0.400. The van der Waals surface area contributed by atoms with Crippen molar-refractivity contribution in [3.8, 4) is 0 Å². The maximum absolute atomic E-state index is 9.62. The van der Waals surface area contributed by atoms with Crippen LogP contribution in [0.2, 0.25) is 0 Å². The highest BCUT2D eigenvalue weighted by Gasteiger charge is 2.16. The second-order valence-electron chi connectivity index (χ2n) is 3.35. The topological polar surface area (TPSA) is 32.3 Å². The van der Waals surface area contributed by atoms with Crippen molar-refractivity contribution in [3.63, 3.8) is 0 Å². The van der Waals surface area contributed by atoms with E-state index in [1.807, 2.05) is 0 Å². The Morgan fingerprint density at radius 3 is 3.17 bits per heavy atom. The lowest BCUT2D eigenvalue weighted by molar-refractivity contribution is 0.165. The van der Waals surface area contributed by atoms with Crippen molar-refractivity contribution in [3.05, 3.63) is 34.9 Å². The molecule has 1 aromatic rings. The van der Waals surface area contributed by atoms with Crippen LogP contribution in [-0.2, 0) is 6.54 Å². The van der Waals surface area contributed by atoms with Crippen LogP contribution in [0.15, 0.2) is 18.2 Å². The first-order valence-corrected chi connectivity index (χ1v) is 4.25. The fourth-order valence-corrected chi connectivity index (χ4v) is 1.64. The van der Waals surface area contributed by atoms with Gasteiger partial charge in [-0.3, -0.25) is 0 Å². The van der Waals surface area contributed by atoms with E-state index >= 15 is 0 Å². The molecule has 0 aliphatic carbocycles. The second-order valence-corrected chi connectivity index (χ2v) is 3.35. The van der Waals surface area contributed by atoms with Crippen molar-refractivity contribution >= 4 is 0 Å². The molecule has 12 heavy (non-hydrogen) atoms. The zero-order valence-electron chi connectivity index (χ0n) is 7.17. The predicted octanol–water partition coefficient (Wildman–Crippen LogP) is 1.13. The number of hydrogen-bond donors (Lipinski definition) is 2. The molecule has 0 saturated carbocycles. The Hall–Kier alpha value is -0.860. The molecule has 1 atom stereocenters. The van der Waals surface area contributed by atoms with Crippen LogP contribution in [0.1, 0.15) is 22.8 Å². The van der Waals surface area contributed by atoms with Crippen molar-refractivity contribution in [1.29, 1.82) is 0 Å². The van der Waals surface area contributed by atoms with E-state index in [1.165, 1.54) is 11.1 Å². The largest absolute Gasteiger partial charge is 0.387 e. The standard InChI is InChI=1S/C10H13NO/c1-7-2-3-8-5-11-6-10(12)9(8)4-7/h2-4,10-12H,5-6H2,1H3. The molecule has 1 heterocycles. The van der Waals surface area contributed by atoms with Gasteiger partial charge in [0, 0.05) is 13.1 Å². The Labute approximate surface area is 72.2 Å². The number of aliphatic hydroxyl groups is 1. The second kappa shape index (κ2) is 2.88. The van der Waals surface area contributed by atoms with Gasteiger partial charge in [-0.25, -0.2) is 0 Å². The van der Waals surface area contributed by atoms with E-state index in [-0.39, 0.29) is 6.10 Å². The van der Waals surface area contributed by atoms with E-state index in [9.17, 15) is 5.11 Å². The smallest absolute Gasteiger partial charge is 0.0917 e. The van der Waals surface area contributed by atoms with Crippen LogP contribution in [0.4, 0.5) is 0 Å². The molecule has 64 valence electrons. The number of benzene rings is 1. The van der Waals surface area contributed by atoms with E-state index < -0.39 is 0 Å². The van der Waals surface area contributed by atoms with Gasteiger partial charge in [-0.2, -0.15) is 0 Å². The van der Waals surface area contributed by atoms with Gasteiger partial charge in [0.1, 0.15) is 0 Å². The first-order valence-electron chi connectivity index (χ1n) is 4.25. The summed E-state index contributed by atoms with van der Waals surface area (Å²) < 4.78 is 0. The molecule has 1 aliphatic rings. The first kappa shape index (κ1) is 7.77. The number of fused-ring (bicyclic) bond motifs is 1. The first-order chi connectivity index (χ1) is 5.77. The van der Waals surface area contributed by atoms with Crippen LogP contribution in [0, 0.1) is 6.92 Å². The number of β-amino-alcohol motifs (C(OH)–C–C–N with tert-alkyl or cyclic N) is 1. The lowest BCUT2D eigenvalue weighted by Gasteiger charge is -2.22. The van der Waals surface area contributed by atoms with Gasteiger partial charge in [-0.05, 0) is 18.1 Å². The van der Waals surface area contributed by atoms with Gasteiger partial charge in [-0.15, -0.1) is 0 Å². The molecule has 2 nitrogen and oxygen atoms in total. The minimum atomic E-state index is -0.325. The summed E-state index contributed by atoms with van der Waals surface area (Å²) in [5.74, 6) is 0. The molecule has 0 spiro atoms. The number of aryl methyl sites for hydroxylation is 1. The molecular formula is C10H13NO. The van der Waals surface area contributed by atoms with Crippen molar-refractivity contribution in [2.45, 2.75) is 19.6 Å². The normalized spacial score (nSPS) is 22.0. The van der Waals surface area contributed by atoms with E-state index in [1.54, 1.807) is 0 Å². The van der Waals surface area contributed by atoms with Crippen LogP contribution in [-0.4, -0.2) is 11.7 Å². The molecule has 2 heteroatoms. The van der Waals surface area contributed by atoms with Crippen molar-refractivity contribution in [1.82, 2.24) is 5.32 Å². The number of nitrogens with one attached hydrogen (secondary N) is 1. The van der Waals surface area contributed by atoms with Gasteiger partial charge in [0.2, 0.25) is 0 Å². The minimum absolute atomic E-state index is 0.325. The van der Waals surface area contributed by atoms with Crippen LogP contribution < -0.4 is 5.32 Å². The predicted molar refractivity (Wildman–Crippen MR) is 47.8 cm³/mol. The summed E-state index contributed by atoms with van der Waals surface area (Å²) in [4.78, 5) is 0. The zero-order chi connectivity index (χ0) is 8.55. The fourth-order valence-electron chi connectivity index (χ4n) is 1.64. The molecule has 0 bridgehead atoms. The third-order valence-corrected chi connectivity index (χ3v) is 2.31. The average Bonchev–Trinajstić information content (AvgIpc) is 2.07. The monoisotopic (exact) mass is 163 g/mol. The SMILES string of the molecule is Cc1ccc2c(c1)C(O)CNC2. The number of aliphatic hydroxyl groups excluding tert-OH is 1. The molecule has 1 aromatic carbocycles. The van der Waals surface area contributed by atoms with Crippen LogP contribution >= 0.6 is 0 Å². The average molecular weight is 163 g/mol. The van der Waals surface area contributed by atoms with E-state index in [0.29, 0.717) is 6.54 Å². The highest BCUT2D eigenvalue weighted by molar-refractivity contribution is 5.34. The van der Waals surface area contributed by atoms with Crippen LogP contribution in [0.5, 0.6) is 0 Å². The summed E-state index contributed by atoms with van der Waals surface area (Å²) in [6.07, 6.45) is -0.325. The molecule has 2 rings (SSSR count). The summed E-state index contributed by atoms with van der Waals surface area (Å²) >= 11 is 0. The molecule has 2 N–H and O–H groups in total. The van der Waals surface area contributed by atoms with Gasteiger partial charge < -0.3 is 10.4 Å². The Kier molecular flexibility index (Phi) is 1.87. The molecule has 1 aliphatic heterocycles. The van der Waals surface area contributed by atoms with Crippen LogP contribution in [0.3, 0.4) is 0 Å². The van der Waals surface area contributed by atoms with Gasteiger partial charge in [-0.1, -0.05) is 23.8 Å². The number of hydrogen-bond acceptors (Lipinski definition) is 2. The highest BCUT2D eigenvalue weighted by Crippen LogP contribution is 2.22. The van der Waals surface area contributed by atoms with Gasteiger partial charge >= 0.3 is 0 Å². The quantitative estimate of drug-likeness (QED) is 0.601. The number of rotatable bonds is 0. The van der Waals surface area contributed by atoms with E-state index in [0.717, 1.165) is 12.1 Å². The lowest BCUT2D eigenvalue weighted by Crippen LogP contribution is -2.27. The Morgan fingerprint density at radius 1 is 1.50 bits per heavy atom. The Bertz CT molecular complexity index is 296. The van der Waals surface area contributed by atoms with E-state index in [4.69, 9.17) is 0 Å². The Morgan fingerprint density at radius 2 is 2.33 bits per heavy atom. The van der Waals surface area contributed by atoms with Gasteiger partial charge in [0.15, 0.2) is 0 Å². The molecule has 1 unspecified atom stereocenters. The summed E-state index contributed by atoms with van der Waals surface area (Å²) in [5, 5.41) is 12.8. The summed E-state index contributed by atoms with van der Waals surface area (Å²) in [7, 11) is 0. The lowest BCUT2D eigenvalue weighted by atomic mass is 9.97. The van der Waals surface area contributed by atoms with Crippen molar-refractivity contribution in [2.75, 3.05) is 6.54 Å².